The number of nitrogens with zero attached hydrogens (tertiary/aromatic N) is 2. The number of hydrogen-bond acceptors (Lipinski definition) is 5. The van der Waals surface area contributed by atoms with Crippen molar-refractivity contribution in [2.75, 3.05) is 6.26 Å². The van der Waals surface area contributed by atoms with Crippen LogP contribution in [0.4, 0.5) is 13.2 Å². The molecular formula is C12H9F3N2O2S. The predicted molar refractivity (Wildman–Crippen MR) is 66.3 cm³/mol. The van der Waals surface area contributed by atoms with Crippen LogP contribution in [0.2, 0.25) is 0 Å². The number of benzene rings is 1. The first-order chi connectivity index (χ1) is 9.40. The third-order valence-electron chi connectivity index (χ3n) is 2.44. The number of rotatable bonds is 4. The van der Waals surface area contributed by atoms with Crippen molar-refractivity contribution < 1.29 is 22.5 Å². The molecule has 1 aromatic heterocycles. The van der Waals surface area contributed by atoms with Gasteiger partial charge in [0, 0.05) is 10.5 Å². The van der Waals surface area contributed by atoms with E-state index < -0.39 is 18.4 Å². The number of carbonyl (C=O) groups excluding carboxylic acids is 1. The fraction of sp³-hybridized carbons (Fsp3) is 0.250. The van der Waals surface area contributed by atoms with Gasteiger partial charge in [0.05, 0.1) is 6.42 Å². The average molecular weight is 302 g/mol. The minimum atomic E-state index is -4.89. The molecule has 0 radical (unpaired) electrons. The molecule has 0 aliphatic rings. The lowest BCUT2D eigenvalue weighted by Gasteiger charge is -2.00. The van der Waals surface area contributed by atoms with E-state index in [-0.39, 0.29) is 11.7 Å². The number of ketones is 1. The zero-order chi connectivity index (χ0) is 14.8. The number of carbonyl (C=O) groups is 1. The van der Waals surface area contributed by atoms with Crippen molar-refractivity contribution in [1.82, 2.24) is 10.1 Å². The van der Waals surface area contributed by atoms with E-state index in [1.807, 2.05) is 18.4 Å². The van der Waals surface area contributed by atoms with E-state index in [2.05, 4.69) is 14.7 Å². The molecule has 20 heavy (non-hydrogen) atoms. The largest absolute Gasteiger partial charge is 0.450 e. The van der Waals surface area contributed by atoms with Gasteiger partial charge in [-0.3, -0.25) is 4.79 Å². The van der Waals surface area contributed by atoms with Crippen molar-refractivity contribution in [1.29, 1.82) is 0 Å². The molecule has 0 aliphatic heterocycles. The zero-order valence-corrected chi connectivity index (χ0v) is 11.1. The molecule has 0 unspecified atom stereocenters. The molecule has 0 aliphatic carbocycles. The van der Waals surface area contributed by atoms with E-state index in [0.717, 1.165) is 4.90 Å². The molecule has 1 heterocycles. The quantitative estimate of drug-likeness (QED) is 0.812. The predicted octanol–water partition coefficient (Wildman–Crippen LogP) is 3.13. The Hall–Kier alpha value is -1.83. The van der Waals surface area contributed by atoms with Crippen LogP contribution in [0.15, 0.2) is 33.7 Å². The maximum Gasteiger partial charge on any atom is 0.450 e. The van der Waals surface area contributed by atoms with Crippen molar-refractivity contribution in [3.8, 4) is 11.4 Å². The summed E-state index contributed by atoms with van der Waals surface area (Å²) in [5, 5.41) is 3.56. The molecule has 0 spiro atoms. The van der Waals surface area contributed by atoms with E-state index in [1.165, 1.54) is 0 Å². The number of hydrogen-bond donors (Lipinski definition) is 0. The Morgan fingerprint density at radius 3 is 2.50 bits per heavy atom. The fourth-order valence-corrected chi connectivity index (χ4v) is 1.83. The topological polar surface area (TPSA) is 56.0 Å². The maximum atomic E-state index is 12.1. The summed E-state index contributed by atoms with van der Waals surface area (Å²) in [5.74, 6) is -2.11. The Morgan fingerprint density at radius 1 is 1.30 bits per heavy atom. The normalized spacial score (nSPS) is 11.6. The highest BCUT2D eigenvalue weighted by atomic mass is 32.2. The van der Waals surface area contributed by atoms with Gasteiger partial charge in [-0.2, -0.15) is 18.2 Å². The lowest BCUT2D eigenvalue weighted by molar-refractivity contribution is -0.170. The van der Waals surface area contributed by atoms with Gasteiger partial charge in [-0.05, 0) is 30.5 Å². The first-order valence-electron chi connectivity index (χ1n) is 5.47. The standard InChI is InChI=1S/C12H9F3N2O2S/c1-20-8-4-2-7(3-5-8)11-16-10(19-17-11)6-9(18)12(13,14)15/h2-5H,6H2,1H3. The second-order valence-electron chi connectivity index (χ2n) is 3.84. The molecule has 8 heteroatoms. The lowest BCUT2D eigenvalue weighted by Crippen LogP contribution is -2.24. The third-order valence-corrected chi connectivity index (χ3v) is 3.19. The van der Waals surface area contributed by atoms with Crippen LogP contribution in [0.5, 0.6) is 0 Å². The molecule has 2 aromatic rings. The monoisotopic (exact) mass is 302 g/mol. The van der Waals surface area contributed by atoms with Crippen LogP contribution in [-0.4, -0.2) is 28.4 Å². The van der Waals surface area contributed by atoms with Gasteiger partial charge in [0.25, 0.3) is 0 Å². The fourth-order valence-electron chi connectivity index (χ4n) is 1.42. The minimum absolute atomic E-state index is 0.155. The van der Waals surface area contributed by atoms with Gasteiger partial charge in [-0.15, -0.1) is 11.8 Å². The smallest absolute Gasteiger partial charge is 0.338 e. The van der Waals surface area contributed by atoms with Crippen LogP contribution in [0, 0.1) is 0 Å². The number of alkyl halides is 3. The highest BCUT2D eigenvalue weighted by molar-refractivity contribution is 7.98. The molecule has 2 rings (SSSR count). The van der Waals surface area contributed by atoms with Gasteiger partial charge < -0.3 is 4.52 Å². The number of thioether (sulfide) groups is 1. The Kier molecular flexibility index (Phi) is 4.12. The van der Waals surface area contributed by atoms with Gasteiger partial charge in [0.2, 0.25) is 17.5 Å². The van der Waals surface area contributed by atoms with E-state index in [1.54, 1.807) is 23.9 Å². The molecule has 0 saturated heterocycles. The summed E-state index contributed by atoms with van der Waals surface area (Å²) in [6.45, 7) is 0. The van der Waals surface area contributed by atoms with Crippen molar-refractivity contribution in [3.05, 3.63) is 30.2 Å². The second-order valence-corrected chi connectivity index (χ2v) is 4.72. The molecule has 0 amide bonds. The number of halogens is 3. The first kappa shape index (κ1) is 14.6. The molecule has 0 bridgehead atoms. The minimum Gasteiger partial charge on any atom is -0.338 e. The van der Waals surface area contributed by atoms with Crippen LogP contribution < -0.4 is 0 Å². The lowest BCUT2D eigenvalue weighted by atomic mass is 10.2. The number of aromatic nitrogens is 2. The summed E-state index contributed by atoms with van der Waals surface area (Å²) in [4.78, 5) is 15.6. The van der Waals surface area contributed by atoms with Gasteiger partial charge in [-0.25, -0.2) is 0 Å². The van der Waals surface area contributed by atoms with Crippen molar-refractivity contribution in [2.24, 2.45) is 0 Å². The first-order valence-corrected chi connectivity index (χ1v) is 6.69. The Balaban J connectivity index is 2.14. The molecular weight excluding hydrogens is 293 g/mol. The summed E-state index contributed by atoms with van der Waals surface area (Å²) in [6, 6.07) is 7.12. The van der Waals surface area contributed by atoms with E-state index in [0.29, 0.717) is 5.56 Å². The van der Waals surface area contributed by atoms with Crippen molar-refractivity contribution in [2.45, 2.75) is 17.5 Å². The van der Waals surface area contributed by atoms with Crippen LogP contribution in [0.3, 0.4) is 0 Å². The summed E-state index contributed by atoms with van der Waals surface area (Å²) in [7, 11) is 0. The molecule has 0 atom stereocenters. The highest BCUT2D eigenvalue weighted by Gasteiger charge is 2.39. The molecule has 0 fully saturated rings. The molecule has 4 nitrogen and oxygen atoms in total. The summed E-state index contributed by atoms with van der Waals surface area (Å²) >= 11 is 1.56. The maximum absolute atomic E-state index is 12.1. The van der Waals surface area contributed by atoms with Gasteiger partial charge in [-0.1, -0.05) is 5.16 Å². The van der Waals surface area contributed by atoms with Crippen LogP contribution in [0.25, 0.3) is 11.4 Å². The molecule has 106 valence electrons. The third kappa shape index (κ3) is 3.38. The Labute approximate surface area is 116 Å². The SMILES string of the molecule is CSc1ccc(-c2noc(CC(=O)C(F)(F)F)n2)cc1. The summed E-state index contributed by atoms with van der Waals surface area (Å²) in [5.41, 5.74) is 0.609. The van der Waals surface area contributed by atoms with Crippen LogP contribution in [-0.2, 0) is 11.2 Å². The molecule has 0 N–H and O–H groups in total. The average Bonchev–Trinajstić information content (AvgIpc) is 2.86. The summed E-state index contributed by atoms with van der Waals surface area (Å²) < 4.78 is 41.0. The van der Waals surface area contributed by atoms with E-state index in [9.17, 15) is 18.0 Å². The molecule has 1 aromatic carbocycles. The van der Waals surface area contributed by atoms with Crippen molar-refractivity contribution in [3.63, 3.8) is 0 Å². The second kappa shape index (κ2) is 5.66. The van der Waals surface area contributed by atoms with Crippen LogP contribution in [0.1, 0.15) is 5.89 Å². The molecule has 0 saturated carbocycles. The highest BCUT2D eigenvalue weighted by Crippen LogP contribution is 2.22. The van der Waals surface area contributed by atoms with Gasteiger partial charge >= 0.3 is 6.18 Å². The van der Waals surface area contributed by atoms with Crippen molar-refractivity contribution >= 4 is 17.5 Å². The van der Waals surface area contributed by atoms with Crippen LogP contribution >= 0.6 is 11.8 Å². The zero-order valence-electron chi connectivity index (χ0n) is 10.3. The Bertz CT molecular complexity index is 608. The van der Waals surface area contributed by atoms with Gasteiger partial charge in [0.1, 0.15) is 0 Å². The van der Waals surface area contributed by atoms with E-state index >= 15 is 0 Å². The summed E-state index contributed by atoms with van der Waals surface area (Å²) in [6.07, 6.45) is -3.92. The Morgan fingerprint density at radius 2 is 1.95 bits per heavy atom. The number of Topliss-reactive ketones (excluding diaryl/α,β-unsaturated/α-hetero) is 1. The van der Waals surface area contributed by atoms with E-state index in [4.69, 9.17) is 0 Å². The van der Waals surface area contributed by atoms with Gasteiger partial charge in [0.15, 0.2) is 0 Å².